The molecule has 8 heteroatoms. The van der Waals surface area contributed by atoms with Gasteiger partial charge in [0.05, 0.1) is 37.3 Å². The van der Waals surface area contributed by atoms with Gasteiger partial charge in [-0.15, -0.1) is 0 Å². The predicted octanol–water partition coefficient (Wildman–Crippen LogP) is 4.22. The largest absolute Gasteiger partial charge is 0.493 e. The number of hydrogen-bond donors (Lipinski definition) is 2. The summed E-state index contributed by atoms with van der Waals surface area (Å²) in [5, 5.41) is 0.679. The van der Waals surface area contributed by atoms with Crippen LogP contribution < -0.4 is 25.5 Å². The van der Waals surface area contributed by atoms with Crippen molar-refractivity contribution in [3.63, 3.8) is 0 Å². The third-order valence-corrected chi connectivity index (χ3v) is 5.93. The molecule has 0 amide bonds. The Morgan fingerprint density at radius 1 is 1.17 bits per heavy atom. The Labute approximate surface area is 203 Å². The Morgan fingerprint density at radius 2 is 1.94 bits per heavy atom. The molecular weight excluding hydrogens is 448 g/mol. The molecule has 8 nitrogen and oxygen atoms in total. The molecule has 1 aromatic heterocycles. The minimum Gasteiger partial charge on any atom is -0.493 e. The lowest BCUT2D eigenvalue weighted by Crippen LogP contribution is -2.32. The number of aromatic nitrogens is 1. The molecule has 0 saturated carbocycles. The summed E-state index contributed by atoms with van der Waals surface area (Å²) in [5.74, 6) is 0.295. The number of hydrogen-bond acceptors (Lipinski definition) is 7. The highest BCUT2D eigenvalue weighted by molar-refractivity contribution is 5.95. The number of fused-ring (bicyclic) bond motifs is 3. The molecule has 0 aliphatic carbocycles. The molecule has 184 valence electrons. The molecule has 1 aliphatic rings. The summed E-state index contributed by atoms with van der Waals surface area (Å²) < 4.78 is 22.7. The number of carbonyl (C=O) groups excluding carboxylic acids is 1. The van der Waals surface area contributed by atoms with Crippen LogP contribution in [0.25, 0.3) is 10.9 Å². The average Bonchev–Trinajstić information content (AvgIpc) is 2.83. The zero-order valence-corrected chi connectivity index (χ0v) is 20.3. The minimum atomic E-state index is -0.829. The summed E-state index contributed by atoms with van der Waals surface area (Å²) in [5.41, 5.74) is 7.46. The quantitative estimate of drug-likeness (QED) is 0.466. The Hall–Kier alpha value is -3.94. The van der Waals surface area contributed by atoms with Crippen molar-refractivity contribution < 1.29 is 23.7 Å². The normalized spacial score (nSPS) is 15.1. The lowest BCUT2D eigenvalue weighted by molar-refractivity contribution is -0.139. The van der Waals surface area contributed by atoms with E-state index in [1.807, 2.05) is 18.2 Å². The molecule has 0 saturated heterocycles. The van der Waals surface area contributed by atoms with Gasteiger partial charge in [0.25, 0.3) is 5.56 Å². The second kappa shape index (κ2) is 10.1. The third-order valence-electron chi connectivity index (χ3n) is 5.93. The maximum atomic E-state index is 13.3. The van der Waals surface area contributed by atoms with Crippen molar-refractivity contribution in [2.45, 2.75) is 33.1 Å². The number of H-pyrrole nitrogens is 1. The van der Waals surface area contributed by atoms with Crippen molar-refractivity contribution in [2.75, 3.05) is 20.3 Å². The molecule has 1 atom stereocenters. The van der Waals surface area contributed by atoms with Gasteiger partial charge in [-0.3, -0.25) is 4.79 Å². The number of carbonyl (C=O) groups is 1. The molecule has 4 rings (SSSR count). The van der Waals surface area contributed by atoms with E-state index in [4.69, 9.17) is 24.7 Å². The van der Waals surface area contributed by atoms with Crippen LogP contribution in [0.3, 0.4) is 0 Å². The van der Waals surface area contributed by atoms with Crippen molar-refractivity contribution >= 4 is 16.9 Å². The van der Waals surface area contributed by atoms with Crippen molar-refractivity contribution in [1.82, 2.24) is 4.98 Å². The Bertz CT molecular complexity index is 1340. The van der Waals surface area contributed by atoms with Crippen molar-refractivity contribution in [3.05, 3.63) is 75.4 Å². The van der Waals surface area contributed by atoms with E-state index >= 15 is 0 Å². The molecule has 3 aromatic rings. The molecule has 35 heavy (non-hydrogen) atoms. The molecule has 0 bridgehead atoms. The molecule has 0 fully saturated rings. The van der Waals surface area contributed by atoms with Gasteiger partial charge in [-0.05, 0) is 49.1 Å². The second-order valence-electron chi connectivity index (χ2n) is 8.72. The van der Waals surface area contributed by atoms with Crippen LogP contribution >= 0.6 is 0 Å². The number of nitrogens with one attached hydrogen (secondary N) is 1. The zero-order chi connectivity index (χ0) is 25.1. The summed E-state index contributed by atoms with van der Waals surface area (Å²) in [6.45, 7) is 6.64. The monoisotopic (exact) mass is 478 g/mol. The fourth-order valence-corrected chi connectivity index (χ4v) is 4.20. The molecule has 2 heterocycles. The van der Waals surface area contributed by atoms with Gasteiger partial charge in [-0.25, -0.2) is 4.79 Å². The number of ether oxygens (including phenoxy) is 4. The fourth-order valence-electron chi connectivity index (χ4n) is 4.20. The smallest absolute Gasteiger partial charge is 0.340 e. The first-order valence-electron chi connectivity index (χ1n) is 11.7. The van der Waals surface area contributed by atoms with Crippen molar-refractivity contribution in [3.8, 4) is 17.2 Å². The van der Waals surface area contributed by atoms with Crippen LogP contribution in [-0.4, -0.2) is 31.3 Å². The molecule has 0 spiro atoms. The summed E-state index contributed by atoms with van der Waals surface area (Å²) in [4.78, 5) is 29.2. The lowest BCUT2D eigenvalue weighted by Gasteiger charge is -2.29. The van der Waals surface area contributed by atoms with Gasteiger partial charge >= 0.3 is 5.97 Å². The summed E-state index contributed by atoms with van der Waals surface area (Å²) >= 11 is 0. The molecule has 3 N–H and O–H groups in total. The molecule has 2 aromatic carbocycles. The summed E-state index contributed by atoms with van der Waals surface area (Å²) in [7, 11) is 1.54. The third kappa shape index (κ3) is 4.69. The van der Waals surface area contributed by atoms with Crippen molar-refractivity contribution in [2.24, 2.45) is 11.7 Å². The van der Waals surface area contributed by atoms with E-state index in [9.17, 15) is 9.59 Å². The van der Waals surface area contributed by atoms with Crippen LogP contribution in [0.1, 0.15) is 44.2 Å². The van der Waals surface area contributed by atoms with Crippen LogP contribution in [0.15, 0.2) is 58.7 Å². The van der Waals surface area contributed by atoms with Gasteiger partial charge in [-0.1, -0.05) is 32.0 Å². The standard InChI is InChI=1S/C27H30N2O6/c1-5-33-27(31)23-21(16-10-11-19(20(14-16)32-4)34-13-12-15(2)3)22-24(35-25(23)28)17-8-6-7-9-18(17)29-26(22)30/h6-11,14-15,21H,5,12-13,28H2,1-4H3,(H,29,30). The minimum absolute atomic E-state index is 0.0654. The second-order valence-corrected chi connectivity index (χ2v) is 8.72. The SMILES string of the molecule is CCOC(=O)C1=C(N)Oc2c(c(=O)[nH]c3ccccc23)C1c1ccc(OCCC(C)C)c(OC)c1. The first-order chi connectivity index (χ1) is 16.8. The maximum Gasteiger partial charge on any atom is 0.340 e. The van der Waals surface area contributed by atoms with Crippen LogP contribution in [0.2, 0.25) is 0 Å². The highest BCUT2D eigenvalue weighted by Gasteiger charge is 2.39. The van der Waals surface area contributed by atoms with E-state index in [1.165, 1.54) is 0 Å². The van der Waals surface area contributed by atoms with Gasteiger partial charge in [0.15, 0.2) is 11.5 Å². The predicted molar refractivity (Wildman–Crippen MR) is 133 cm³/mol. The maximum absolute atomic E-state index is 13.3. The number of rotatable bonds is 8. The van der Waals surface area contributed by atoms with E-state index in [0.29, 0.717) is 46.2 Å². The van der Waals surface area contributed by atoms with Crippen LogP contribution in [-0.2, 0) is 9.53 Å². The lowest BCUT2D eigenvalue weighted by atomic mass is 9.82. The first kappa shape index (κ1) is 24.2. The highest BCUT2D eigenvalue weighted by Crippen LogP contribution is 2.45. The van der Waals surface area contributed by atoms with Crippen molar-refractivity contribution in [1.29, 1.82) is 0 Å². The summed E-state index contributed by atoms with van der Waals surface area (Å²) in [6, 6.07) is 12.6. The molecule has 1 unspecified atom stereocenters. The van der Waals surface area contributed by atoms with Crippen LogP contribution in [0, 0.1) is 5.92 Å². The number of methoxy groups -OCH3 is 1. The van der Waals surface area contributed by atoms with E-state index in [1.54, 1.807) is 38.3 Å². The van der Waals surface area contributed by atoms with E-state index in [0.717, 1.165) is 6.42 Å². The van der Waals surface area contributed by atoms with Crippen LogP contribution in [0.4, 0.5) is 0 Å². The van der Waals surface area contributed by atoms with E-state index in [2.05, 4.69) is 18.8 Å². The van der Waals surface area contributed by atoms with E-state index in [-0.39, 0.29) is 29.2 Å². The molecular formula is C27H30N2O6. The first-order valence-corrected chi connectivity index (χ1v) is 11.7. The molecule has 1 aliphatic heterocycles. The van der Waals surface area contributed by atoms with Gasteiger partial charge in [0.1, 0.15) is 11.3 Å². The Balaban J connectivity index is 1.89. The van der Waals surface area contributed by atoms with E-state index < -0.39 is 11.9 Å². The van der Waals surface area contributed by atoms with Gasteiger partial charge < -0.3 is 29.7 Å². The van der Waals surface area contributed by atoms with Gasteiger partial charge in [0.2, 0.25) is 5.88 Å². The number of esters is 1. The van der Waals surface area contributed by atoms with Gasteiger partial charge in [0, 0.05) is 5.39 Å². The number of benzene rings is 2. The topological polar surface area (TPSA) is 113 Å². The zero-order valence-electron chi connectivity index (χ0n) is 20.3. The Morgan fingerprint density at radius 3 is 2.66 bits per heavy atom. The number of aromatic amines is 1. The van der Waals surface area contributed by atoms with Crippen LogP contribution in [0.5, 0.6) is 17.2 Å². The Kier molecular flexibility index (Phi) is 7.00. The number of nitrogens with two attached hydrogens (primary N) is 1. The molecule has 0 radical (unpaired) electrons. The average molecular weight is 479 g/mol. The number of pyridine rings is 1. The van der Waals surface area contributed by atoms with Gasteiger partial charge in [-0.2, -0.15) is 0 Å². The number of para-hydroxylation sites is 1. The fraction of sp³-hybridized carbons (Fsp3) is 0.333. The highest BCUT2D eigenvalue weighted by atomic mass is 16.5. The summed E-state index contributed by atoms with van der Waals surface area (Å²) in [6.07, 6.45) is 0.896.